The molecule has 0 fully saturated rings. The summed E-state index contributed by atoms with van der Waals surface area (Å²) in [5.74, 6) is 0.808. The fraction of sp³-hybridized carbons (Fsp3) is 0.125. The first-order valence-electron chi connectivity index (χ1n) is 6.50. The van der Waals surface area contributed by atoms with Crippen molar-refractivity contribution >= 4 is 26.7 Å². The van der Waals surface area contributed by atoms with Crippen LogP contribution in [0.5, 0.6) is 0 Å². The Morgan fingerprint density at radius 1 is 1.05 bits per heavy atom. The molecule has 2 aromatic carbocycles. The van der Waals surface area contributed by atoms with Crippen LogP contribution in [-0.2, 0) is 10.0 Å². The Bertz CT molecular complexity index is 896. The van der Waals surface area contributed by atoms with Gasteiger partial charge < -0.3 is 4.42 Å². The molecule has 4 nitrogen and oxygen atoms in total. The van der Waals surface area contributed by atoms with Gasteiger partial charge in [-0.05, 0) is 25.1 Å². The fourth-order valence-corrected chi connectivity index (χ4v) is 2.92. The number of hydrogen-bond acceptors (Lipinski definition) is 3. The van der Waals surface area contributed by atoms with Crippen LogP contribution in [0.2, 0.25) is 0 Å². The molecule has 21 heavy (non-hydrogen) atoms. The molecular formula is C16H15NO3S. The number of furan rings is 1. The second-order valence-corrected chi connectivity index (χ2v) is 6.76. The molecule has 5 heteroatoms. The second-order valence-electron chi connectivity index (χ2n) is 5.01. The third kappa shape index (κ3) is 2.78. The quantitative estimate of drug-likeness (QED) is 0.801. The zero-order valence-electron chi connectivity index (χ0n) is 11.8. The van der Waals surface area contributed by atoms with Crippen LogP contribution < -0.4 is 4.72 Å². The summed E-state index contributed by atoms with van der Waals surface area (Å²) in [5, 5.41) is 0.905. The minimum Gasteiger partial charge on any atom is -0.456 e. The van der Waals surface area contributed by atoms with Crippen LogP contribution in [0.25, 0.3) is 22.3 Å². The number of fused-ring (bicyclic) bond motifs is 1. The SMILES string of the molecule is Cc1c(-c2ccccc2)oc2ccc(NS(C)(=O)=O)cc12. The second kappa shape index (κ2) is 4.93. The Kier molecular flexibility index (Phi) is 3.22. The van der Waals surface area contributed by atoms with Crippen LogP contribution in [0.1, 0.15) is 5.56 Å². The molecule has 3 rings (SSSR count). The topological polar surface area (TPSA) is 59.3 Å². The molecule has 1 aromatic heterocycles. The van der Waals surface area contributed by atoms with E-state index in [9.17, 15) is 8.42 Å². The molecule has 0 aliphatic carbocycles. The highest BCUT2D eigenvalue weighted by atomic mass is 32.2. The van der Waals surface area contributed by atoms with Gasteiger partial charge in [-0.25, -0.2) is 8.42 Å². The Labute approximate surface area is 123 Å². The van der Waals surface area contributed by atoms with Gasteiger partial charge in [0.1, 0.15) is 11.3 Å². The zero-order valence-corrected chi connectivity index (χ0v) is 12.6. The lowest BCUT2D eigenvalue weighted by molar-refractivity contribution is 0.606. The van der Waals surface area contributed by atoms with Crippen molar-refractivity contribution in [1.82, 2.24) is 0 Å². The van der Waals surface area contributed by atoms with E-state index in [2.05, 4.69) is 4.72 Å². The molecule has 0 aliphatic rings. The standard InChI is InChI=1S/C16H15NO3S/c1-11-14-10-13(17-21(2,18)19)8-9-15(14)20-16(11)12-6-4-3-5-7-12/h3-10,17H,1-2H3. The summed E-state index contributed by atoms with van der Waals surface area (Å²) in [6, 6.07) is 15.1. The number of benzene rings is 2. The molecule has 1 heterocycles. The van der Waals surface area contributed by atoms with Crippen molar-refractivity contribution in [2.45, 2.75) is 6.92 Å². The average molecular weight is 301 g/mol. The number of hydrogen-bond donors (Lipinski definition) is 1. The zero-order chi connectivity index (χ0) is 15.0. The van der Waals surface area contributed by atoms with Gasteiger partial charge in [-0.3, -0.25) is 4.72 Å². The van der Waals surface area contributed by atoms with Crippen LogP contribution in [-0.4, -0.2) is 14.7 Å². The third-order valence-corrected chi connectivity index (χ3v) is 3.88. The molecule has 0 unspecified atom stereocenters. The van der Waals surface area contributed by atoms with E-state index in [-0.39, 0.29) is 0 Å². The smallest absolute Gasteiger partial charge is 0.229 e. The normalized spacial score (nSPS) is 11.7. The Balaban J connectivity index is 2.13. The minimum absolute atomic E-state index is 0.536. The maximum absolute atomic E-state index is 11.3. The lowest BCUT2D eigenvalue weighted by Gasteiger charge is -2.03. The van der Waals surface area contributed by atoms with E-state index in [0.717, 1.165) is 34.1 Å². The summed E-state index contributed by atoms with van der Waals surface area (Å²) in [6.45, 7) is 1.97. The molecule has 0 spiro atoms. The van der Waals surface area contributed by atoms with Crippen LogP contribution >= 0.6 is 0 Å². The van der Waals surface area contributed by atoms with E-state index in [4.69, 9.17) is 4.42 Å². The Morgan fingerprint density at radius 2 is 1.76 bits per heavy atom. The van der Waals surface area contributed by atoms with E-state index >= 15 is 0 Å². The molecular weight excluding hydrogens is 286 g/mol. The predicted octanol–water partition coefficient (Wildman–Crippen LogP) is 3.78. The molecule has 3 aromatic rings. The van der Waals surface area contributed by atoms with Gasteiger partial charge in [0.05, 0.1) is 6.26 Å². The van der Waals surface area contributed by atoms with E-state index < -0.39 is 10.0 Å². The summed E-state index contributed by atoms with van der Waals surface area (Å²) >= 11 is 0. The summed E-state index contributed by atoms with van der Waals surface area (Å²) < 4.78 is 31.0. The predicted molar refractivity (Wildman–Crippen MR) is 84.9 cm³/mol. The van der Waals surface area contributed by atoms with E-state index in [1.54, 1.807) is 18.2 Å². The highest BCUT2D eigenvalue weighted by molar-refractivity contribution is 7.92. The molecule has 0 aliphatic heterocycles. The van der Waals surface area contributed by atoms with Crippen molar-refractivity contribution in [3.63, 3.8) is 0 Å². The monoisotopic (exact) mass is 301 g/mol. The molecule has 0 saturated carbocycles. The number of sulfonamides is 1. The maximum atomic E-state index is 11.3. The molecule has 1 N–H and O–H groups in total. The Hall–Kier alpha value is -2.27. The first-order chi connectivity index (χ1) is 9.94. The van der Waals surface area contributed by atoms with Crippen LogP contribution in [0.3, 0.4) is 0 Å². The molecule has 0 amide bonds. The van der Waals surface area contributed by atoms with Crippen LogP contribution in [0, 0.1) is 6.92 Å². The maximum Gasteiger partial charge on any atom is 0.229 e. The lowest BCUT2D eigenvalue weighted by Crippen LogP contribution is -2.09. The van der Waals surface area contributed by atoms with Crippen LogP contribution in [0.4, 0.5) is 5.69 Å². The molecule has 0 bridgehead atoms. The minimum atomic E-state index is -3.28. The molecule has 0 radical (unpaired) electrons. The van der Waals surface area contributed by atoms with Crippen molar-refractivity contribution in [3.8, 4) is 11.3 Å². The van der Waals surface area contributed by atoms with Gasteiger partial charge in [-0.15, -0.1) is 0 Å². The third-order valence-electron chi connectivity index (χ3n) is 3.28. The average Bonchev–Trinajstić information content (AvgIpc) is 2.75. The van der Waals surface area contributed by atoms with Gasteiger partial charge >= 0.3 is 0 Å². The van der Waals surface area contributed by atoms with Crippen molar-refractivity contribution in [2.75, 3.05) is 11.0 Å². The largest absolute Gasteiger partial charge is 0.456 e. The first kappa shape index (κ1) is 13.7. The lowest BCUT2D eigenvalue weighted by atomic mass is 10.1. The highest BCUT2D eigenvalue weighted by Crippen LogP contribution is 2.34. The molecule has 0 atom stereocenters. The van der Waals surface area contributed by atoms with E-state index in [1.807, 2.05) is 37.3 Å². The fourth-order valence-electron chi connectivity index (χ4n) is 2.36. The number of rotatable bonds is 3. The number of nitrogens with one attached hydrogen (secondary N) is 1. The summed E-state index contributed by atoms with van der Waals surface area (Å²) in [5.41, 5.74) is 3.27. The van der Waals surface area contributed by atoms with Crippen molar-refractivity contribution in [1.29, 1.82) is 0 Å². The first-order valence-corrected chi connectivity index (χ1v) is 8.39. The van der Waals surface area contributed by atoms with Crippen molar-refractivity contribution in [2.24, 2.45) is 0 Å². The van der Waals surface area contributed by atoms with E-state index in [1.165, 1.54) is 0 Å². The number of aryl methyl sites for hydroxylation is 1. The molecule has 108 valence electrons. The summed E-state index contributed by atoms with van der Waals surface area (Å²) in [6.07, 6.45) is 1.13. The molecule has 0 saturated heterocycles. The van der Waals surface area contributed by atoms with Crippen molar-refractivity contribution < 1.29 is 12.8 Å². The van der Waals surface area contributed by atoms with Gasteiger partial charge in [-0.1, -0.05) is 30.3 Å². The Morgan fingerprint density at radius 3 is 2.43 bits per heavy atom. The van der Waals surface area contributed by atoms with Gasteiger partial charge in [0.15, 0.2) is 0 Å². The van der Waals surface area contributed by atoms with Gasteiger partial charge in [-0.2, -0.15) is 0 Å². The van der Waals surface area contributed by atoms with Gasteiger partial charge in [0.2, 0.25) is 10.0 Å². The van der Waals surface area contributed by atoms with Gasteiger partial charge in [0, 0.05) is 22.2 Å². The summed E-state index contributed by atoms with van der Waals surface area (Å²) in [7, 11) is -3.28. The van der Waals surface area contributed by atoms with Crippen LogP contribution in [0.15, 0.2) is 52.9 Å². The van der Waals surface area contributed by atoms with Gasteiger partial charge in [0.25, 0.3) is 0 Å². The van der Waals surface area contributed by atoms with E-state index in [0.29, 0.717) is 5.69 Å². The number of anilines is 1. The highest BCUT2D eigenvalue weighted by Gasteiger charge is 2.13. The van der Waals surface area contributed by atoms with Crippen molar-refractivity contribution in [3.05, 3.63) is 54.1 Å². The summed E-state index contributed by atoms with van der Waals surface area (Å²) in [4.78, 5) is 0.